The smallest absolute Gasteiger partial charge is 0.0140 e. The van der Waals surface area contributed by atoms with E-state index in [0.717, 1.165) is 12.8 Å². The summed E-state index contributed by atoms with van der Waals surface area (Å²) in [4.78, 5) is 0. The van der Waals surface area contributed by atoms with E-state index in [9.17, 15) is 0 Å². The molecule has 0 fully saturated rings. The second-order valence-corrected chi connectivity index (χ2v) is 8.11. The summed E-state index contributed by atoms with van der Waals surface area (Å²) in [5.41, 5.74) is 5.82. The first-order valence-electron chi connectivity index (χ1n) is 10.7. The molecule has 0 nitrogen and oxygen atoms in total. The molecule has 0 spiro atoms. The lowest BCUT2D eigenvalue weighted by Gasteiger charge is -2.23. The molecule has 2 unspecified atom stereocenters. The molecule has 0 aromatic heterocycles. The van der Waals surface area contributed by atoms with Crippen LogP contribution < -0.4 is 0 Å². The van der Waals surface area contributed by atoms with Gasteiger partial charge in [-0.2, -0.15) is 0 Å². The number of hydrogen-bond acceptors (Lipinski definition) is 0. The largest absolute Gasteiger partial charge is 0.0648 e. The molecule has 28 heavy (non-hydrogen) atoms. The van der Waals surface area contributed by atoms with Crippen LogP contribution in [0.25, 0.3) is 32.7 Å². The Labute approximate surface area is 169 Å². The van der Waals surface area contributed by atoms with Crippen LogP contribution >= 0.6 is 0 Å². The second-order valence-electron chi connectivity index (χ2n) is 8.11. The molecule has 2 atom stereocenters. The predicted octanol–water partition coefficient (Wildman–Crippen LogP) is 8.69. The van der Waals surface area contributed by atoms with Crippen LogP contribution in [0.1, 0.15) is 63.5 Å². The fourth-order valence-electron chi connectivity index (χ4n) is 4.53. The van der Waals surface area contributed by atoms with E-state index in [4.69, 9.17) is 0 Å². The van der Waals surface area contributed by atoms with Gasteiger partial charge in [-0.15, -0.1) is 0 Å². The molecule has 0 heteroatoms. The van der Waals surface area contributed by atoms with Gasteiger partial charge in [0, 0.05) is 0 Å². The minimum Gasteiger partial charge on any atom is -0.0648 e. The van der Waals surface area contributed by atoms with Crippen molar-refractivity contribution in [3.8, 4) is 11.1 Å². The highest BCUT2D eigenvalue weighted by molar-refractivity contribution is 5.97. The zero-order valence-electron chi connectivity index (χ0n) is 17.5. The molecule has 0 amide bonds. The van der Waals surface area contributed by atoms with Crippen molar-refractivity contribution in [1.82, 2.24) is 0 Å². The van der Waals surface area contributed by atoms with Crippen molar-refractivity contribution in [2.24, 2.45) is 0 Å². The maximum absolute atomic E-state index is 2.37. The average molecular weight is 367 g/mol. The quantitative estimate of drug-likeness (QED) is 0.331. The van der Waals surface area contributed by atoms with Gasteiger partial charge in [0.2, 0.25) is 0 Å². The molecule has 4 aromatic rings. The number of rotatable bonds is 5. The van der Waals surface area contributed by atoms with Crippen LogP contribution in [0.3, 0.4) is 0 Å². The van der Waals surface area contributed by atoms with Crippen molar-refractivity contribution < 1.29 is 0 Å². The minimum atomic E-state index is 0.525. The van der Waals surface area contributed by atoms with Crippen LogP contribution in [0, 0.1) is 0 Å². The van der Waals surface area contributed by atoms with Crippen molar-refractivity contribution >= 4 is 21.5 Å². The molecular formula is C28H30. The summed E-state index contributed by atoms with van der Waals surface area (Å²) in [6.07, 6.45) is 2.29. The normalized spacial score (nSPS) is 13.7. The third-order valence-electron chi connectivity index (χ3n) is 6.44. The van der Waals surface area contributed by atoms with Crippen LogP contribution in [0.15, 0.2) is 72.8 Å². The van der Waals surface area contributed by atoms with Gasteiger partial charge in [-0.3, -0.25) is 0 Å². The molecule has 0 aliphatic carbocycles. The molecule has 0 radical (unpaired) electrons. The van der Waals surface area contributed by atoms with Gasteiger partial charge in [0.15, 0.2) is 0 Å². The molecule has 0 saturated heterocycles. The monoisotopic (exact) mass is 366 g/mol. The summed E-state index contributed by atoms with van der Waals surface area (Å²) < 4.78 is 0. The zero-order valence-corrected chi connectivity index (χ0v) is 17.5. The third-order valence-corrected chi connectivity index (χ3v) is 6.44. The van der Waals surface area contributed by atoms with Crippen molar-refractivity contribution in [2.45, 2.75) is 52.4 Å². The van der Waals surface area contributed by atoms with Gasteiger partial charge in [0.05, 0.1) is 0 Å². The summed E-state index contributed by atoms with van der Waals surface area (Å²) >= 11 is 0. The molecule has 4 aromatic carbocycles. The van der Waals surface area contributed by atoms with E-state index in [1.165, 1.54) is 43.8 Å². The maximum atomic E-state index is 2.37. The van der Waals surface area contributed by atoms with Crippen LogP contribution in [-0.2, 0) is 0 Å². The van der Waals surface area contributed by atoms with Gasteiger partial charge in [-0.25, -0.2) is 0 Å². The molecule has 0 N–H and O–H groups in total. The Morgan fingerprint density at radius 2 is 0.929 bits per heavy atom. The highest BCUT2D eigenvalue weighted by atomic mass is 14.2. The van der Waals surface area contributed by atoms with Gasteiger partial charge < -0.3 is 0 Å². The van der Waals surface area contributed by atoms with Crippen LogP contribution in [0.5, 0.6) is 0 Å². The van der Waals surface area contributed by atoms with Crippen molar-refractivity contribution in [3.05, 3.63) is 83.9 Å². The highest BCUT2D eigenvalue weighted by Gasteiger charge is 2.20. The molecule has 0 aliphatic heterocycles. The summed E-state index contributed by atoms with van der Waals surface area (Å²) in [6.45, 7) is 9.34. The molecule has 0 saturated carbocycles. The highest BCUT2D eigenvalue weighted by Crippen LogP contribution is 2.42. The Morgan fingerprint density at radius 1 is 0.536 bits per heavy atom. The summed E-state index contributed by atoms with van der Waals surface area (Å²) in [6, 6.07) is 27.0. The first-order valence-corrected chi connectivity index (χ1v) is 10.7. The number of benzene rings is 4. The fraction of sp³-hybridized carbons (Fsp3) is 0.286. The van der Waals surface area contributed by atoms with E-state index >= 15 is 0 Å². The topological polar surface area (TPSA) is 0 Å². The Hall–Kier alpha value is -2.60. The summed E-state index contributed by atoms with van der Waals surface area (Å²) in [5.74, 6) is 1.05. The van der Waals surface area contributed by atoms with E-state index < -0.39 is 0 Å². The van der Waals surface area contributed by atoms with Gasteiger partial charge in [0.25, 0.3) is 0 Å². The number of fused-ring (bicyclic) bond motifs is 2. The zero-order chi connectivity index (χ0) is 19.7. The lowest BCUT2D eigenvalue weighted by atomic mass is 9.81. The van der Waals surface area contributed by atoms with Gasteiger partial charge in [-0.1, -0.05) is 100 Å². The van der Waals surface area contributed by atoms with E-state index in [1.54, 1.807) is 0 Å². The van der Waals surface area contributed by atoms with E-state index in [1.807, 2.05) is 0 Å². The molecule has 4 rings (SSSR count). The van der Waals surface area contributed by atoms with Gasteiger partial charge in [0.1, 0.15) is 0 Å². The third kappa shape index (κ3) is 3.11. The van der Waals surface area contributed by atoms with E-state index in [-0.39, 0.29) is 0 Å². The van der Waals surface area contributed by atoms with Gasteiger partial charge >= 0.3 is 0 Å². The Kier molecular flexibility index (Phi) is 5.22. The van der Waals surface area contributed by atoms with Crippen molar-refractivity contribution in [2.75, 3.05) is 0 Å². The molecule has 0 aliphatic rings. The lowest BCUT2D eigenvalue weighted by molar-refractivity contribution is 0.734. The van der Waals surface area contributed by atoms with Crippen LogP contribution in [0.4, 0.5) is 0 Å². The van der Waals surface area contributed by atoms with E-state index in [2.05, 4.69) is 100 Å². The predicted molar refractivity (Wildman–Crippen MR) is 124 cm³/mol. The molecule has 0 bridgehead atoms. The lowest BCUT2D eigenvalue weighted by Crippen LogP contribution is -2.02. The minimum absolute atomic E-state index is 0.525. The summed E-state index contributed by atoms with van der Waals surface area (Å²) in [5, 5.41) is 5.48. The second kappa shape index (κ2) is 7.80. The van der Waals surface area contributed by atoms with Gasteiger partial charge in [-0.05, 0) is 68.5 Å². The maximum Gasteiger partial charge on any atom is -0.0140 e. The SMILES string of the molecule is CCC(C)c1c(-c2ccc3ccccc3c2C(C)CC)ccc2ccccc12. The van der Waals surface area contributed by atoms with Crippen LogP contribution in [-0.4, -0.2) is 0 Å². The first kappa shape index (κ1) is 18.7. The fourth-order valence-corrected chi connectivity index (χ4v) is 4.53. The summed E-state index contributed by atoms with van der Waals surface area (Å²) in [7, 11) is 0. The molecular weight excluding hydrogens is 336 g/mol. The van der Waals surface area contributed by atoms with Crippen molar-refractivity contribution in [1.29, 1.82) is 0 Å². The molecule has 0 heterocycles. The first-order chi connectivity index (χ1) is 13.7. The standard InChI is InChI=1S/C28H30/c1-5-19(3)27-23-13-9-7-11-21(23)15-17-25(27)26-18-16-22-12-8-10-14-24(22)28(26)20(4)6-2/h7-20H,5-6H2,1-4H3. The van der Waals surface area contributed by atoms with Crippen LogP contribution in [0.2, 0.25) is 0 Å². The van der Waals surface area contributed by atoms with Crippen molar-refractivity contribution in [3.63, 3.8) is 0 Å². The average Bonchev–Trinajstić information content (AvgIpc) is 2.76. The Morgan fingerprint density at radius 3 is 1.32 bits per heavy atom. The van der Waals surface area contributed by atoms with E-state index in [0.29, 0.717) is 11.8 Å². The number of hydrogen-bond donors (Lipinski definition) is 0. The molecule has 142 valence electrons. The Bertz CT molecular complexity index is 1030. The Balaban J connectivity index is 2.09.